The Hall–Kier alpha value is -3.95. The molecule has 0 bridgehead atoms. The van der Waals surface area contributed by atoms with Gasteiger partial charge < -0.3 is 25.7 Å². The van der Waals surface area contributed by atoms with E-state index < -0.39 is 5.91 Å². The molecule has 1 aromatic carbocycles. The first-order chi connectivity index (χ1) is 15.3. The van der Waals surface area contributed by atoms with Gasteiger partial charge in [-0.05, 0) is 38.0 Å². The van der Waals surface area contributed by atoms with E-state index in [2.05, 4.69) is 30.9 Å². The number of amides is 3. The van der Waals surface area contributed by atoms with Crippen LogP contribution in [0.3, 0.4) is 0 Å². The van der Waals surface area contributed by atoms with Gasteiger partial charge in [0.1, 0.15) is 17.6 Å². The van der Waals surface area contributed by atoms with Crippen molar-refractivity contribution in [3.05, 3.63) is 47.5 Å². The number of rotatable bonds is 6. The molecule has 2 aromatic heterocycles. The van der Waals surface area contributed by atoms with Crippen LogP contribution in [0, 0.1) is 0 Å². The lowest BCUT2D eigenvalue weighted by Crippen LogP contribution is -2.42. The number of hydrogen-bond donors (Lipinski definition) is 4. The second-order valence-electron chi connectivity index (χ2n) is 8.19. The van der Waals surface area contributed by atoms with Crippen LogP contribution in [0.2, 0.25) is 0 Å². The molecular weight excluding hydrogens is 412 g/mol. The number of carbonyl (C=O) groups excluding carboxylic acids is 3. The zero-order valence-electron chi connectivity index (χ0n) is 18.0. The quantitative estimate of drug-likeness (QED) is 0.467. The van der Waals surface area contributed by atoms with Gasteiger partial charge in [-0.3, -0.25) is 14.4 Å². The number of aromatic nitrogens is 3. The van der Waals surface area contributed by atoms with E-state index in [4.69, 9.17) is 4.74 Å². The number of ether oxygens (including phenoxy) is 1. The molecule has 0 fully saturated rings. The topological polar surface area (TPSA) is 138 Å². The summed E-state index contributed by atoms with van der Waals surface area (Å²) in [4.78, 5) is 48.3. The smallest absolute Gasteiger partial charge is 0.272 e. The highest BCUT2D eigenvalue weighted by molar-refractivity contribution is 6.10. The number of benzene rings is 1. The summed E-state index contributed by atoms with van der Waals surface area (Å²) in [6.07, 6.45) is 3.56. The number of aromatic amines is 1. The number of nitrogens with zero attached hydrogens (tertiary/aromatic N) is 2. The van der Waals surface area contributed by atoms with Crippen molar-refractivity contribution < 1.29 is 19.1 Å². The van der Waals surface area contributed by atoms with Crippen LogP contribution in [0.5, 0.6) is 5.75 Å². The largest absolute Gasteiger partial charge is 0.482 e. The minimum absolute atomic E-state index is 0.0150. The van der Waals surface area contributed by atoms with E-state index in [0.29, 0.717) is 28.0 Å². The molecule has 4 rings (SSSR count). The van der Waals surface area contributed by atoms with Crippen molar-refractivity contribution in [1.29, 1.82) is 0 Å². The molecule has 3 aromatic rings. The predicted molar refractivity (Wildman–Crippen MR) is 117 cm³/mol. The zero-order valence-corrected chi connectivity index (χ0v) is 18.0. The fourth-order valence-electron chi connectivity index (χ4n) is 3.25. The first-order valence-electron chi connectivity index (χ1n) is 10.3. The maximum atomic E-state index is 12.8. The van der Waals surface area contributed by atoms with Crippen LogP contribution < -0.4 is 20.7 Å². The average molecular weight is 436 g/mol. The molecule has 0 spiro atoms. The van der Waals surface area contributed by atoms with E-state index >= 15 is 0 Å². The van der Waals surface area contributed by atoms with Gasteiger partial charge >= 0.3 is 0 Å². The summed E-state index contributed by atoms with van der Waals surface area (Å²) in [5, 5.41) is 8.51. The molecule has 0 atom stereocenters. The van der Waals surface area contributed by atoms with Crippen molar-refractivity contribution in [1.82, 2.24) is 25.6 Å². The second-order valence-corrected chi connectivity index (χ2v) is 8.19. The van der Waals surface area contributed by atoms with E-state index in [0.717, 1.165) is 12.0 Å². The Morgan fingerprint density at radius 2 is 2.03 bits per heavy atom. The number of nitrogens with one attached hydrogen (secondary N) is 4. The van der Waals surface area contributed by atoms with Gasteiger partial charge in [0, 0.05) is 18.3 Å². The number of fused-ring (bicyclic) bond motifs is 2. The average Bonchev–Trinajstić information content (AvgIpc) is 3.21. The van der Waals surface area contributed by atoms with Gasteiger partial charge in [0.25, 0.3) is 17.7 Å². The minimum atomic E-state index is -0.418. The van der Waals surface area contributed by atoms with Gasteiger partial charge in [-0.2, -0.15) is 0 Å². The van der Waals surface area contributed by atoms with Crippen LogP contribution in [0.25, 0.3) is 11.0 Å². The molecule has 0 radical (unpaired) electrons. The Morgan fingerprint density at radius 3 is 2.81 bits per heavy atom. The first kappa shape index (κ1) is 21.3. The lowest BCUT2D eigenvalue weighted by atomic mass is 10.0. The molecule has 10 heteroatoms. The van der Waals surface area contributed by atoms with Crippen LogP contribution >= 0.6 is 0 Å². The maximum Gasteiger partial charge on any atom is 0.272 e. The molecule has 3 heterocycles. The van der Waals surface area contributed by atoms with Crippen molar-refractivity contribution in [3.63, 3.8) is 0 Å². The number of H-pyrrole nitrogens is 1. The maximum absolute atomic E-state index is 12.8. The van der Waals surface area contributed by atoms with Gasteiger partial charge in [-0.1, -0.05) is 13.0 Å². The SMILES string of the molecule is CCC(C)(C)NC(=O)c1c[nH]c2c(C(=O)NCc3ccc4c(c3)NC(=O)CO4)ncnc12. The molecule has 0 aliphatic carbocycles. The normalized spacial score (nSPS) is 13.2. The summed E-state index contributed by atoms with van der Waals surface area (Å²) in [5.41, 5.74) is 2.22. The Bertz CT molecular complexity index is 1220. The van der Waals surface area contributed by atoms with Crippen LogP contribution in [-0.2, 0) is 11.3 Å². The van der Waals surface area contributed by atoms with E-state index in [1.54, 1.807) is 18.2 Å². The summed E-state index contributed by atoms with van der Waals surface area (Å²) in [7, 11) is 0. The van der Waals surface area contributed by atoms with Crippen LogP contribution in [0.1, 0.15) is 53.6 Å². The molecule has 166 valence electrons. The van der Waals surface area contributed by atoms with Crippen molar-refractivity contribution in [2.24, 2.45) is 0 Å². The number of anilines is 1. The van der Waals surface area contributed by atoms with Crippen molar-refractivity contribution in [2.75, 3.05) is 11.9 Å². The lowest BCUT2D eigenvalue weighted by molar-refractivity contribution is -0.118. The van der Waals surface area contributed by atoms with Crippen LogP contribution in [0.4, 0.5) is 5.69 Å². The van der Waals surface area contributed by atoms with Crippen LogP contribution in [0.15, 0.2) is 30.7 Å². The molecule has 10 nitrogen and oxygen atoms in total. The van der Waals surface area contributed by atoms with Gasteiger partial charge in [-0.15, -0.1) is 0 Å². The van der Waals surface area contributed by atoms with Crippen molar-refractivity contribution in [2.45, 2.75) is 39.3 Å². The number of hydrogen-bond acceptors (Lipinski definition) is 6. The van der Waals surface area contributed by atoms with Gasteiger partial charge in [0.15, 0.2) is 12.3 Å². The molecule has 32 heavy (non-hydrogen) atoms. The van der Waals surface area contributed by atoms with Gasteiger partial charge in [-0.25, -0.2) is 9.97 Å². The Labute approximate surface area is 184 Å². The molecule has 4 N–H and O–H groups in total. The monoisotopic (exact) mass is 436 g/mol. The second kappa shape index (κ2) is 8.29. The summed E-state index contributed by atoms with van der Waals surface area (Å²) in [6.45, 7) is 6.06. The van der Waals surface area contributed by atoms with E-state index in [1.165, 1.54) is 12.5 Å². The Kier molecular flexibility index (Phi) is 5.52. The summed E-state index contributed by atoms with van der Waals surface area (Å²) in [5.74, 6) is -0.332. The fourth-order valence-corrected chi connectivity index (χ4v) is 3.25. The van der Waals surface area contributed by atoms with Gasteiger partial charge in [0.2, 0.25) is 0 Å². The molecule has 1 aliphatic heterocycles. The van der Waals surface area contributed by atoms with E-state index in [1.807, 2.05) is 20.8 Å². The fraction of sp³-hybridized carbons (Fsp3) is 0.318. The summed E-state index contributed by atoms with van der Waals surface area (Å²) in [6, 6.07) is 5.29. The lowest BCUT2D eigenvalue weighted by Gasteiger charge is -2.24. The summed E-state index contributed by atoms with van der Waals surface area (Å²) >= 11 is 0. The summed E-state index contributed by atoms with van der Waals surface area (Å²) < 4.78 is 5.34. The molecule has 0 saturated carbocycles. The third-order valence-corrected chi connectivity index (χ3v) is 5.39. The number of carbonyl (C=O) groups is 3. The molecule has 3 amide bonds. The highest BCUT2D eigenvalue weighted by atomic mass is 16.5. The zero-order chi connectivity index (χ0) is 22.9. The van der Waals surface area contributed by atoms with Crippen molar-refractivity contribution >= 4 is 34.4 Å². The predicted octanol–water partition coefficient (Wildman–Crippen LogP) is 2.14. The Balaban J connectivity index is 1.51. The molecule has 1 aliphatic rings. The molecule has 0 unspecified atom stereocenters. The van der Waals surface area contributed by atoms with E-state index in [9.17, 15) is 14.4 Å². The minimum Gasteiger partial charge on any atom is -0.482 e. The van der Waals surface area contributed by atoms with E-state index in [-0.39, 0.29) is 36.2 Å². The van der Waals surface area contributed by atoms with Crippen molar-refractivity contribution in [3.8, 4) is 5.75 Å². The Morgan fingerprint density at radius 1 is 1.22 bits per heavy atom. The first-order valence-corrected chi connectivity index (χ1v) is 10.3. The standard InChI is InChI=1S/C22H24N6O4/c1-4-22(2,3)28-20(30)13-9-23-18-17(13)25-11-26-19(18)21(31)24-8-12-5-6-15-14(7-12)27-16(29)10-32-15/h5-7,9,11,23H,4,8,10H2,1-3H3,(H,24,31)(H,27,29)(H,28,30). The molecule has 0 saturated heterocycles. The van der Waals surface area contributed by atoms with Gasteiger partial charge in [0.05, 0.1) is 16.8 Å². The third kappa shape index (κ3) is 4.25. The molecular formula is C22H24N6O4. The van der Waals surface area contributed by atoms with Crippen LogP contribution in [-0.4, -0.2) is 44.8 Å². The highest BCUT2D eigenvalue weighted by Crippen LogP contribution is 2.28. The highest BCUT2D eigenvalue weighted by Gasteiger charge is 2.24. The third-order valence-electron chi connectivity index (χ3n) is 5.39.